The molecule has 0 heterocycles. The van der Waals surface area contributed by atoms with Gasteiger partial charge in [-0.15, -0.1) is 11.6 Å². The van der Waals surface area contributed by atoms with Gasteiger partial charge in [0, 0.05) is 5.02 Å². The van der Waals surface area contributed by atoms with Gasteiger partial charge in [-0.05, 0) is 23.8 Å². The van der Waals surface area contributed by atoms with Crippen LogP contribution >= 0.6 is 23.2 Å². The highest BCUT2D eigenvalue weighted by atomic mass is 35.5. The van der Waals surface area contributed by atoms with E-state index in [0.717, 1.165) is 12.1 Å². The number of nitrogens with two attached hydrogens (primary N) is 1. The van der Waals surface area contributed by atoms with Crippen LogP contribution in [0.4, 0.5) is 4.39 Å². The first-order valence-corrected chi connectivity index (χ1v) is 4.21. The molecule has 0 aliphatic carbocycles. The molecule has 0 saturated carbocycles. The van der Waals surface area contributed by atoms with E-state index in [9.17, 15) is 9.18 Å². The molecule has 0 radical (unpaired) electrons. The summed E-state index contributed by atoms with van der Waals surface area (Å²) in [7, 11) is 0. The molecule has 1 amide bonds. The maximum atomic E-state index is 12.8. The van der Waals surface area contributed by atoms with Gasteiger partial charge in [0.1, 0.15) is 11.2 Å². The van der Waals surface area contributed by atoms with Crippen molar-refractivity contribution in [3.05, 3.63) is 34.6 Å². The normalized spacial score (nSPS) is 12.5. The molecule has 5 heteroatoms. The molecule has 13 heavy (non-hydrogen) atoms. The van der Waals surface area contributed by atoms with Gasteiger partial charge >= 0.3 is 0 Å². The molecule has 0 spiro atoms. The van der Waals surface area contributed by atoms with Gasteiger partial charge in [0.05, 0.1) is 0 Å². The number of amides is 1. The maximum absolute atomic E-state index is 12.8. The number of benzene rings is 1. The van der Waals surface area contributed by atoms with Crippen LogP contribution in [0.3, 0.4) is 0 Å². The van der Waals surface area contributed by atoms with E-state index in [2.05, 4.69) is 0 Å². The molecule has 2 N–H and O–H groups in total. The molecular formula is C8H6Cl2FNO. The summed E-state index contributed by atoms with van der Waals surface area (Å²) in [5, 5.41) is -0.866. The Kier molecular flexibility index (Phi) is 3.12. The highest BCUT2D eigenvalue weighted by molar-refractivity contribution is 6.32. The van der Waals surface area contributed by atoms with Gasteiger partial charge in [0.25, 0.3) is 0 Å². The lowest BCUT2D eigenvalue weighted by molar-refractivity contribution is -0.117. The van der Waals surface area contributed by atoms with Gasteiger partial charge in [-0.2, -0.15) is 0 Å². The minimum Gasteiger partial charge on any atom is -0.368 e. The number of carbonyl (C=O) groups is 1. The largest absolute Gasteiger partial charge is 0.368 e. The zero-order chi connectivity index (χ0) is 10.0. The molecule has 1 rings (SSSR count). The zero-order valence-corrected chi connectivity index (χ0v) is 7.94. The Bertz CT molecular complexity index is 323. The second-order valence-electron chi connectivity index (χ2n) is 2.47. The first kappa shape index (κ1) is 10.3. The van der Waals surface area contributed by atoms with Gasteiger partial charge in [0.15, 0.2) is 0 Å². The number of primary amides is 1. The van der Waals surface area contributed by atoms with Gasteiger partial charge in [-0.1, -0.05) is 11.6 Å². The van der Waals surface area contributed by atoms with E-state index in [1.54, 1.807) is 0 Å². The third-order valence-electron chi connectivity index (χ3n) is 1.43. The van der Waals surface area contributed by atoms with Crippen molar-refractivity contribution in [1.29, 1.82) is 0 Å². The molecule has 0 aromatic heterocycles. The van der Waals surface area contributed by atoms with E-state index in [1.165, 1.54) is 6.07 Å². The highest BCUT2D eigenvalue weighted by Crippen LogP contribution is 2.24. The Morgan fingerprint density at radius 2 is 2.08 bits per heavy atom. The van der Waals surface area contributed by atoms with Crippen LogP contribution in [0.25, 0.3) is 0 Å². The van der Waals surface area contributed by atoms with Gasteiger partial charge in [-0.3, -0.25) is 4.79 Å². The predicted octanol–water partition coefficient (Wildman–Crippen LogP) is 2.24. The number of alkyl halides is 1. The minimum atomic E-state index is -1.05. The fraction of sp³-hybridized carbons (Fsp3) is 0.125. The van der Waals surface area contributed by atoms with Crippen molar-refractivity contribution >= 4 is 29.1 Å². The molecule has 2 nitrogen and oxygen atoms in total. The van der Waals surface area contributed by atoms with Crippen molar-refractivity contribution in [2.45, 2.75) is 5.38 Å². The summed E-state index contributed by atoms with van der Waals surface area (Å²) in [6.45, 7) is 0. The molecular weight excluding hydrogens is 216 g/mol. The molecule has 0 bridgehead atoms. The van der Waals surface area contributed by atoms with Crippen molar-refractivity contribution in [2.24, 2.45) is 5.73 Å². The van der Waals surface area contributed by atoms with Crippen LogP contribution in [0.2, 0.25) is 5.02 Å². The van der Waals surface area contributed by atoms with Crippen molar-refractivity contribution < 1.29 is 9.18 Å². The zero-order valence-electron chi connectivity index (χ0n) is 6.43. The van der Waals surface area contributed by atoms with Gasteiger partial charge in [0.2, 0.25) is 5.91 Å². The molecule has 1 aromatic carbocycles. The Balaban J connectivity index is 3.07. The first-order valence-electron chi connectivity index (χ1n) is 3.40. The van der Waals surface area contributed by atoms with Crippen LogP contribution in [0.1, 0.15) is 10.9 Å². The molecule has 1 unspecified atom stereocenters. The van der Waals surface area contributed by atoms with Gasteiger partial charge in [-0.25, -0.2) is 4.39 Å². The Labute approximate surface area is 84.4 Å². The standard InChI is InChI=1S/C8H6Cl2FNO/c9-5-1-4(2-6(11)3-5)7(10)8(12)13/h1-3,7H,(H2,12,13). The fourth-order valence-corrected chi connectivity index (χ4v) is 1.24. The Hall–Kier alpha value is -0.800. The molecule has 0 aliphatic rings. The molecule has 0 fully saturated rings. The summed E-state index contributed by atoms with van der Waals surface area (Å²) < 4.78 is 12.8. The Morgan fingerprint density at radius 3 is 2.54 bits per heavy atom. The lowest BCUT2D eigenvalue weighted by Crippen LogP contribution is -2.17. The predicted molar refractivity (Wildman–Crippen MR) is 49.2 cm³/mol. The second-order valence-corrected chi connectivity index (χ2v) is 3.34. The van der Waals surface area contributed by atoms with E-state index in [1.807, 2.05) is 0 Å². The summed E-state index contributed by atoms with van der Waals surface area (Å²) in [5.41, 5.74) is 5.19. The van der Waals surface area contributed by atoms with Gasteiger partial charge < -0.3 is 5.73 Å². The molecule has 1 aromatic rings. The van der Waals surface area contributed by atoms with E-state index in [0.29, 0.717) is 0 Å². The topological polar surface area (TPSA) is 43.1 Å². The lowest BCUT2D eigenvalue weighted by atomic mass is 10.1. The third kappa shape index (κ3) is 2.57. The fourth-order valence-electron chi connectivity index (χ4n) is 0.886. The highest BCUT2D eigenvalue weighted by Gasteiger charge is 2.15. The summed E-state index contributed by atoms with van der Waals surface area (Å²) in [5.74, 6) is -1.28. The number of halogens is 3. The average Bonchev–Trinajstić information content (AvgIpc) is 2.01. The van der Waals surface area contributed by atoms with E-state index in [-0.39, 0.29) is 10.6 Å². The SMILES string of the molecule is NC(=O)C(Cl)c1cc(F)cc(Cl)c1. The van der Waals surface area contributed by atoms with Crippen LogP contribution in [-0.4, -0.2) is 5.91 Å². The summed E-state index contributed by atoms with van der Waals surface area (Å²) in [4.78, 5) is 10.6. The number of hydrogen-bond donors (Lipinski definition) is 1. The van der Waals surface area contributed by atoms with Crippen LogP contribution in [0.15, 0.2) is 18.2 Å². The molecule has 70 valence electrons. The van der Waals surface area contributed by atoms with Crippen LogP contribution < -0.4 is 5.73 Å². The smallest absolute Gasteiger partial charge is 0.240 e. The first-order chi connectivity index (χ1) is 6.00. The second kappa shape index (κ2) is 3.94. The third-order valence-corrected chi connectivity index (χ3v) is 2.11. The number of hydrogen-bond acceptors (Lipinski definition) is 1. The van der Waals surface area contributed by atoms with Crippen molar-refractivity contribution in [3.63, 3.8) is 0 Å². The van der Waals surface area contributed by atoms with Crippen LogP contribution in [0, 0.1) is 5.82 Å². The van der Waals surface area contributed by atoms with Crippen LogP contribution in [-0.2, 0) is 4.79 Å². The number of carbonyl (C=O) groups excluding carboxylic acids is 1. The van der Waals surface area contributed by atoms with E-state index < -0.39 is 17.1 Å². The summed E-state index contributed by atoms with van der Waals surface area (Å²) >= 11 is 11.1. The monoisotopic (exact) mass is 221 g/mol. The molecule has 0 saturated heterocycles. The van der Waals surface area contributed by atoms with E-state index in [4.69, 9.17) is 28.9 Å². The summed E-state index contributed by atoms with van der Waals surface area (Å²) in [6, 6.07) is 3.64. The molecule has 1 atom stereocenters. The minimum absolute atomic E-state index is 0.182. The number of rotatable bonds is 2. The summed E-state index contributed by atoms with van der Waals surface area (Å²) in [6.07, 6.45) is 0. The lowest BCUT2D eigenvalue weighted by Gasteiger charge is -2.05. The van der Waals surface area contributed by atoms with Crippen LogP contribution in [0.5, 0.6) is 0 Å². The van der Waals surface area contributed by atoms with E-state index >= 15 is 0 Å². The molecule has 0 aliphatic heterocycles. The maximum Gasteiger partial charge on any atom is 0.240 e. The van der Waals surface area contributed by atoms with Crippen molar-refractivity contribution in [1.82, 2.24) is 0 Å². The van der Waals surface area contributed by atoms with Crippen molar-refractivity contribution in [3.8, 4) is 0 Å². The van der Waals surface area contributed by atoms with Crippen molar-refractivity contribution in [2.75, 3.05) is 0 Å². The average molecular weight is 222 g/mol. The quantitative estimate of drug-likeness (QED) is 0.766. The Morgan fingerprint density at radius 1 is 1.46 bits per heavy atom.